The summed E-state index contributed by atoms with van der Waals surface area (Å²) in [7, 11) is 0. The number of hydrogen-bond acceptors (Lipinski definition) is 4. The lowest BCUT2D eigenvalue weighted by atomic mass is 10.2. The van der Waals surface area contributed by atoms with Gasteiger partial charge in [0.05, 0.1) is 30.5 Å². The van der Waals surface area contributed by atoms with Gasteiger partial charge in [0, 0.05) is 25.5 Å². The maximum atomic E-state index is 12.4. The van der Waals surface area contributed by atoms with Crippen molar-refractivity contribution in [1.82, 2.24) is 9.88 Å². The second kappa shape index (κ2) is 9.53. The molecular formula is C18H18ClN3O2. The lowest BCUT2D eigenvalue weighted by Crippen LogP contribution is -2.32. The van der Waals surface area contributed by atoms with E-state index in [0.29, 0.717) is 23.9 Å². The fourth-order valence-corrected chi connectivity index (χ4v) is 2.35. The molecule has 0 unspecified atom stereocenters. The molecule has 1 heterocycles. The first-order chi connectivity index (χ1) is 11.7. The number of benzene rings is 1. The number of aromatic nitrogens is 1. The van der Waals surface area contributed by atoms with Gasteiger partial charge in [-0.05, 0) is 23.8 Å². The van der Waals surface area contributed by atoms with E-state index in [1.165, 1.54) is 0 Å². The van der Waals surface area contributed by atoms with E-state index >= 15 is 0 Å². The molecule has 0 aliphatic heterocycles. The Morgan fingerprint density at radius 3 is 2.83 bits per heavy atom. The first-order valence-electron chi connectivity index (χ1n) is 7.61. The van der Waals surface area contributed by atoms with Crippen LogP contribution in [0, 0.1) is 11.3 Å². The number of amides is 1. The molecule has 2 rings (SSSR count). The van der Waals surface area contributed by atoms with Gasteiger partial charge in [-0.3, -0.25) is 9.78 Å². The third-order valence-corrected chi connectivity index (χ3v) is 3.66. The van der Waals surface area contributed by atoms with Crippen LogP contribution >= 0.6 is 11.6 Å². The van der Waals surface area contributed by atoms with Crippen molar-refractivity contribution in [2.24, 2.45) is 0 Å². The molecule has 5 nitrogen and oxygen atoms in total. The molecule has 2 aromatic rings. The molecule has 0 aliphatic carbocycles. The number of carbonyl (C=O) groups excluding carboxylic acids is 1. The molecule has 0 bridgehead atoms. The van der Waals surface area contributed by atoms with Crippen LogP contribution in [0.5, 0.6) is 5.75 Å². The van der Waals surface area contributed by atoms with Crippen molar-refractivity contribution in [3.8, 4) is 11.8 Å². The highest BCUT2D eigenvalue weighted by atomic mass is 35.5. The lowest BCUT2D eigenvalue weighted by molar-refractivity contribution is -0.132. The van der Waals surface area contributed by atoms with E-state index in [1.54, 1.807) is 29.4 Å². The Morgan fingerprint density at radius 2 is 2.12 bits per heavy atom. The van der Waals surface area contributed by atoms with Crippen LogP contribution in [0.4, 0.5) is 0 Å². The third-order valence-electron chi connectivity index (χ3n) is 3.35. The minimum atomic E-state index is -0.0684. The van der Waals surface area contributed by atoms with Gasteiger partial charge in [0.1, 0.15) is 5.75 Å². The van der Waals surface area contributed by atoms with Crippen LogP contribution < -0.4 is 4.74 Å². The van der Waals surface area contributed by atoms with Gasteiger partial charge in [-0.15, -0.1) is 0 Å². The van der Waals surface area contributed by atoms with Gasteiger partial charge in [0.15, 0.2) is 0 Å². The molecular weight excluding hydrogens is 326 g/mol. The Balaban J connectivity index is 1.90. The zero-order chi connectivity index (χ0) is 17.2. The molecule has 0 saturated heterocycles. The molecule has 0 atom stereocenters. The van der Waals surface area contributed by atoms with Crippen LogP contribution in [0.25, 0.3) is 0 Å². The average molecular weight is 344 g/mol. The third kappa shape index (κ3) is 5.56. The van der Waals surface area contributed by atoms with Gasteiger partial charge < -0.3 is 9.64 Å². The molecule has 1 aromatic heterocycles. The molecule has 0 spiro atoms. The summed E-state index contributed by atoms with van der Waals surface area (Å²) in [6, 6.07) is 12.9. The number of hydrogen-bond donors (Lipinski definition) is 0. The SMILES string of the molecule is N#CCCN(Cc1cccnc1)C(=O)CCOc1ccccc1Cl. The maximum absolute atomic E-state index is 12.4. The minimum Gasteiger partial charge on any atom is -0.491 e. The van der Waals surface area contributed by atoms with Crippen molar-refractivity contribution in [1.29, 1.82) is 5.26 Å². The summed E-state index contributed by atoms with van der Waals surface area (Å²) < 4.78 is 5.56. The summed E-state index contributed by atoms with van der Waals surface area (Å²) in [5.41, 5.74) is 0.927. The van der Waals surface area contributed by atoms with Crippen molar-refractivity contribution in [2.75, 3.05) is 13.2 Å². The van der Waals surface area contributed by atoms with E-state index in [1.807, 2.05) is 24.3 Å². The first-order valence-corrected chi connectivity index (χ1v) is 7.99. The lowest BCUT2D eigenvalue weighted by Gasteiger charge is -2.21. The van der Waals surface area contributed by atoms with Gasteiger partial charge in [-0.1, -0.05) is 29.8 Å². The summed E-state index contributed by atoms with van der Waals surface area (Å²) in [6.07, 6.45) is 3.91. The first kappa shape index (κ1) is 17.8. The number of rotatable bonds is 8. The standard InChI is InChI=1S/C18H18ClN3O2/c19-16-6-1-2-7-17(16)24-12-8-18(23)22(11-4-9-20)14-15-5-3-10-21-13-15/h1-3,5-7,10,13H,4,8,11-12,14H2. The molecule has 124 valence electrons. The molecule has 0 saturated carbocycles. The van der Waals surface area contributed by atoms with E-state index in [9.17, 15) is 4.79 Å². The highest BCUT2D eigenvalue weighted by molar-refractivity contribution is 6.32. The number of nitriles is 1. The zero-order valence-corrected chi connectivity index (χ0v) is 13.9. The van der Waals surface area contributed by atoms with Gasteiger partial charge in [-0.2, -0.15) is 5.26 Å². The quantitative estimate of drug-likeness (QED) is 0.736. The number of ether oxygens (including phenoxy) is 1. The number of pyridine rings is 1. The van der Waals surface area contributed by atoms with Crippen LogP contribution in [0.3, 0.4) is 0 Å². The van der Waals surface area contributed by atoms with Crippen molar-refractivity contribution in [2.45, 2.75) is 19.4 Å². The Hall–Kier alpha value is -2.58. The van der Waals surface area contributed by atoms with E-state index in [4.69, 9.17) is 21.6 Å². The predicted octanol–water partition coefficient (Wildman–Crippen LogP) is 3.45. The summed E-state index contributed by atoms with van der Waals surface area (Å²) >= 11 is 6.01. The number of para-hydroxylation sites is 1. The zero-order valence-electron chi connectivity index (χ0n) is 13.2. The van der Waals surface area contributed by atoms with E-state index in [-0.39, 0.29) is 25.4 Å². The highest BCUT2D eigenvalue weighted by Gasteiger charge is 2.14. The largest absolute Gasteiger partial charge is 0.491 e. The van der Waals surface area contributed by atoms with Crippen molar-refractivity contribution in [3.63, 3.8) is 0 Å². The normalized spacial score (nSPS) is 10.0. The number of nitrogens with zero attached hydrogens (tertiary/aromatic N) is 3. The second-order valence-electron chi connectivity index (χ2n) is 5.11. The topological polar surface area (TPSA) is 66.2 Å². The molecule has 24 heavy (non-hydrogen) atoms. The molecule has 1 aromatic carbocycles. The molecule has 6 heteroatoms. The van der Waals surface area contributed by atoms with Crippen LogP contribution in [-0.2, 0) is 11.3 Å². The Morgan fingerprint density at radius 1 is 1.29 bits per heavy atom. The fraction of sp³-hybridized carbons (Fsp3) is 0.278. The molecule has 0 aliphatic rings. The monoisotopic (exact) mass is 343 g/mol. The van der Waals surface area contributed by atoms with E-state index in [0.717, 1.165) is 5.56 Å². The smallest absolute Gasteiger partial charge is 0.226 e. The van der Waals surface area contributed by atoms with Crippen molar-refractivity contribution >= 4 is 17.5 Å². The van der Waals surface area contributed by atoms with Crippen LogP contribution in [0.2, 0.25) is 5.02 Å². The molecule has 0 fully saturated rings. The van der Waals surface area contributed by atoms with Crippen molar-refractivity contribution in [3.05, 3.63) is 59.4 Å². The number of carbonyl (C=O) groups is 1. The fourth-order valence-electron chi connectivity index (χ4n) is 2.16. The molecule has 0 N–H and O–H groups in total. The Kier molecular flexibility index (Phi) is 7.06. The van der Waals surface area contributed by atoms with Gasteiger partial charge >= 0.3 is 0 Å². The predicted molar refractivity (Wildman–Crippen MR) is 91.4 cm³/mol. The van der Waals surface area contributed by atoms with Crippen LogP contribution in [0.15, 0.2) is 48.8 Å². The van der Waals surface area contributed by atoms with Crippen molar-refractivity contribution < 1.29 is 9.53 Å². The Bertz CT molecular complexity index is 701. The highest BCUT2D eigenvalue weighted by Crippen LogP contribution is 2.23. The average Bonchev–Trinajstić information content (AvgIpc) is 2.61. The summed E-state index contributed by atoms with van der Waals surface area (Å²) in [6.45, 7) is 1.05. The van der Waals surface area contributed by atoms with Gasteiger partial charge in [0.25, 0.3) is 0 Å². The summed E-state index contributed by atoms with van der Waals surface area (Å²) in [5.74, 6) is 0.490. The maximum Gasteiger partial charge on any atom is 0.226 e. The van der Waals surface area contributed by atoms with Gasteiger partial charge in [-0.25, -0.2) is 0 Å². The molecule has 1 amide bonds. The van der Waals surface area contributed by atoms with E-state index in [2.05, 4.69) is 11.1 Å². The Labute approximate surface area is 146 Å². The minimum absolute atomic E-state index is 0.0684. The van der Waals surface area contributed by atoms with Crippen LogP contribution in [0.1, 0.15) is 18.4 Å². The molecule has 0 radical (unpaired) electrons. The van der Waals surface area contributed by atoms with E-state index < -0.39 is 0 Å². The number of halogens is 1. The summed E-state index contributed by atoms with van der Waals surface area (Å²) in [5, 5.41) is 9.29. The van der Waals surface area contributed by atoms with Gasteiger partial charge in [0.2, 0.25) is 5.91 Å². The second-order valence-corrected chi connectivity index (χ2v) is 5.52. The summed E-state index contributed by atoms with van der Waals surface area (Å²) in [4.78, 5) is 18.1. The van der Waals surface area contributed by atoms with Crippen LogP contribution in [-0.4, -0.2) is 28.9 Å².